The van der Waals surface area contributed by atoms with Gasteiger partial charge in [-0.3, -0.25) is 4.79 Å². The highest BCUT2D eigenvalue weighted by molar-refractivity contribution is 7.99. The fourth-order valence-electron chi connectivity index (χ4n) is 3.90. The van der Waals surface area contributed by atoms with Crippen LogP contribution in [0.25, 0.3) is 11.5 Å². The number of amides is 1. The molecule has 0 aliphatic carbocycles. The molecule has 0 radical (unpaired) electrons. The third-order valence-corrected chi connectivity index (χ3v) is 6.60. The van der Waals surface area contributed by atoms with Crippen LogP contribution in [-0.2, 0) is 0 Å². The van der Waals surface area contributed by atoms with Crippen molar-refractivity contribution in [1.82, 2.24) is 29.7 Å². The number of pyridine rings is 1. The minimum absolute atomic E-state index is 0.196. The van der Waals surface area contributed by atoms with Crippen LogP contribution in [0.3, 0.4) is 0 Å². The van der Waals surface area contributed by atoms with Gasteiger partial charge >= 0.3 is 0 Å². The summed E-state index contributed by atoms with van der Waals surface area (Å²) in [4.78, 5) is 29.8. The minimum Gasteiger partial charge on any atom is -0.341 e. The van der Waals surface area contributed by atoms with Crippen molar-refractivity contribution >= 4 is 29.4 Å². The molecule has 1 amide bonds. The zero-order chi connectivity index (χ0) is 24.2. The summed E-state index contributed by atoms with van der Waals surface area (Å²) < 4.78 is 1.94. The van der Waals surface area contributed by atoms with Gasteiger partial charge in [0.25, 0.3) is 5.91 Å². The first-order valence-corrected chi connectivity index (χ1v) is 12.4. The Morgan fingerprint density at radius 2 is 1.89 bits per heavy atom. The molecular formula is C25H26N8OS. The monoisotopic (exact) mass is 486 g/mol. The molecule has 0 atom stereocenters. The molecule has 4 heterocycles. The predicted octanol–water partition coefficient (Wildman–Crippen LogP) is 4.71. The van der Waals surface area contributed by atoms with Crippen LogP contribution < -0.4 is 10.2 Å². The van der Waals surface area contributed by atoms with Crippen LogP contribution in [0.4, 0.5) is 11.8 Å². The Labute approximate surface area is 208 Å². The summed E-state index contributed by atoms with van der Waals surface area (Å²) in [6, 6.07) is 15.0. The normalized spacial score (nSPS) is 13.4. The van der Waals surface area contributed by atoms with Gasteiger partial charge in [-0.15, -0.1) is 10.2 Å². The van der Waals surface area contributed by atoms with Gasteiger partial charge in [-0.1, -0.05) is 23.9 Å². The average Bonchev–Trinajstić information content (AvgIpc) is 3.57. The number of carbonyl (C=O) groups is 1. The number of nitrogens with zero attached hydrogens (tertiary/aromatic N) is 7. The van der Waals surface area contributed by atoms with Gasteiger partial charge in [0.1, 0.15) is 22.9 Å². The zero-order valence-corrected chi connectivity index (χ0v) is 20.4. The Balaban J connectivity index is 1.30. The topological polar surface area (TPSA) is 102 Å². The summed E-state index contributed by atoms with van der Waals surface area (Å²) in [6.45, 7) is 6.10. The van der Waals surface area contributed by atoms with Crippen molar-refractivity contribution < 1.29 is 4.79 Å². The standard InChI is InChI=1S/C25H26N8OS/c1-17(2)33-16-27-31-23(33)20-9-6-10-21(28-20)29-24(34)18-7-5-8-19(15-18)35-22-11-12-26-25(30-22)32-13-3-4-14-32/h5-12,15-17H,3-4,13-14H2,1-2H3,(H,28,29,34). The SMILES string of the molecule is CC(C)n1cnnc1-c1cccc(NC(=O)c2cccc(Sc3ccnc(N4CCCC4)n3)c2)n1. The van der Waals surface area contributed by atoms with Gasteiger partial charge in [0.05, 0.1) is 0 Å². The maximum absolute atomic E-state index is 13.0. The molecule has 0 saturated carbocycles. The molecular weight excluding hydrogens is 460 g/mol. The van der Waals surface area contributed by atoms with Crippen LogP contribution in [0.1, 0.15) is 43.1 Å². The van der Waals surface area contributed by atoms with E-state index in [1.165, 1.54) is 24.6 Å². The van der Waals surface area contributed by atoms with E-state index in [4.69, 9.17) is 4.98 Å². The van der Waals surface area contributed by atoms with E-state index < -0.39 is 0 Å². The molecule has 0 unspecified atom stereocenters. The molecule has 1 fully saturated rings. The second kappa shape index (κ2) is 10.2. The van der Waals surface area contributed by atoms with Crippen LogP contribution in [-0.4, -0.2) is 48.7 Å². The Hall–Kier alpha value is -3.79. The molecule has 10 heteroatoms. The molecule has 1 N–H and O–H groups in total. The molecule has 1 saturated heterocycles. The molecule has 4 aromatic rings. The lowest BCUT2D eigenvalue weighted by atomic mass is 10.2. The highest BCUT2D eigenvalue weighted by Crippen LogP contribution is 2.28. The average molecular weight is 487 g/mol. The summed E-state index contributed by atoms with van der Waals surface area (Å²) in [5.74, 6) is 1.64. The second-order valence-corrected chi connectivity index (χ2v) is 9.63. The minimum atomic E-state index is -0.233. The number of rotatable bonds is 7. The largest absolute Gasteiger partial charge is 0.341 e. The lowest BCUT2D eigenvalue weighted by Gasteiger charge is -2.15. The van der Waals surface area contributed by atoms with Crippen molar-refractivity contribution in [2.45, 2.75) is 42.7 Å². The van der Waals surface area contributed by atoms with Crippen LogP contribution in [0.15, 0.2) is 71.0 Å². The number of benzene rings is 1. The first-order chi connectivity index (χ1) is 17.1. The Bertz CT molecular complexity index is 1330. The maximum atomic E-state index is 13.0. The zero-order valence-electron chi connectivity index (χ0n) is 19.6. The molecule has 1 aliphatic rings. The van der Waals surface area contributed by atoms with Crippen LogP contribution >= 0.6 is 11.8 Å². The highest BCUT2D eigenvalue weighted by Gasteiger charge is 2.16. The van der Waals surface area contributed by atoms with Crippen molar-refractivity contribution in [3.05, 3.63) is 66.6 Å². The first-order valence-electron chi connectivity index (χ1n) is 11.6. The van der Waals surface area contributed by atoms with Crippen molar-refractivity contribution in [2.24, 2.45) is 0 Å². The molecule has 178 valence electrons. The van der Waals surface area contributed by atoms with Crippen LogP contribution in [0.2, 0.25) is 0 Å². The number of carbonyl (C=O) groups excluding carboxylic acids is 1. The second-order valence-electron chi connectivity index (χ2n) is 8.54. The molecule has 1 aromatic carbocycles. The molecule has 9 nitrogen and oxygen atoms in total. The lowest BCUT2D eigenvalue weighted by Crippen LogP contribution is -2.20. The Morgan fingerprint density at radius 1 is 1.06 bits per heavy atom. The molecule has 0 spiro atoms. The fourth-order valence-corrected chi connectivity index (χ4v) is 4.73. The van der Waals surface area contributed by atoms with Gasteiger partial charge in [0.2, 0.25) is 5.95 Å². The van der Waals surface area contributed by atoms with E-state index >= 15 is 0 Å². The van der Waals surface area contributed by atoms with E-state index in [1.54, 1.807) is 24.7 Å². The van der Waals surface area contributed by atoms with Gasteiger partial charge in [-0.05, 0) is 63.1 Å². The van der Waals surface area contributed by atoms with Crippen molar-refractivity contribution in [2.75, 3.05) is 23.3 Å². The van der Waals surface area contributed by atoms with Gasteiger partial charge in [-0.25, -0.2) is 15.0 Å². The molecule has 5 rings (SSSR count). The fraction of sp³-hybridized carbons (Fsp3) is 0.280. The van der Waals surface area contributed by atoms with E-state index in [9.17, 15) is 4.79 Å². The number of nitrogens with one attached hydrogen (secondary N) is 1. The summed E-state index contributed by atoms with van der Waals surface area (Å²) in [5.41, 5.74) is 1.19. The van der Waals surface area contributed by atoms with Gasteiger partial charge in [0.15, 0.2) is 5.82 Å². The predicted molar refractivity (Wildman–Crippen MR) is 136 cm³/mol. The quantitative estimate of drug-likeness (QED) is 0.375. The third-order valence-electron chi connectivity index (χ3n) is 5.67. The van der Waals surface area contributed by atoms with Gasteiger partial charge in [0, 0.05) is 35.8 Å². The van der Waals surface area contributed by atoms with Gasteiger partial charge < -0.3 is 14.8 Å². The summed E-state index contributed by atoms with van der Waals surface area (Å²) in [6.07, 6.45) is 5.82. The van der Waals surface area contributed by atoms with Crippen molar-refractivity contribution in [3.8, 4) is 11.5 Å². The first kappa shape index (κ1) is 23.0. The van der Waals surface area contributed by atoms with E-state index in [-0.39, 0.29) is 11.9 Å². The Kier molecular flexibility index (Phi) is 6.71. The van der Waals surface area contributed by atoms with E-state index in [1.807, 2.05) is 41.0 Å². The Morgan fingerprint density at radius 3 is 2.71 bits per heavy atom. The number of hydrogen-bond acceptors (Lipinski definition) is 8. The van der Waals surface area contributed by atoms with Crippen molar-refractivity contribution in [3.63, 3.8) is 0 Å². The third kappa shape index (κ3) is 5.32. The van der Waals surface area contributed by atoms with Crippen LogP contribution in [0, 0.1) is 0 Å². The summed E-state index contributed by atoms with van der Waals surface area (Å²) >= 11 is 1.51. The molecule has 0 bridgehead atoms. The lowest BCUT2D eigenvalue weighted by molar-refractivity contribution is 0.102. The summed E-state index contributed by atoms with van der Waals surface area (Å²) in [7, 11) is 0. The molecule has 1 aliphatic heterocycles. The number of aromatic nitrogens is 6. The smallest absolute Gasteiger partial charge is 0.256 e. The number of anilines is 2. The summed E-state index contributed by atoms with van der Waals surface area (Å²) in [5, 5.41) is 11.9. The molecule has 3 aromatic heterocycles. The highest BCUT2D eigenvalue weighted by atomic mass is 32.2. The maximum Gasteiger partial charge on any atom is 0.256 e. The van der Waals surface area contributed by atoms with E-state index in [0.29, 0.717) is 22.9 Å². The molecule has 35 heavy (non-hydrogen) atoms. The van der Waals surface area contributed by atoms with Crippen LogP contribution in [0.5, 0.6) is 0 Å². The van der Waals surface area contributed by atoms with E-state index in [0.717, 1.165) is 29.0 Å². The number of hydrogen-bond donors (Lipinski definition) is 1. The van der Waals surface area contributed by atoms with Crippen molar-refractivity contribution in [1.29, 1.82) is 0 Å². The van der Waals surface area contributed by atoms with Gasteiger partial charge in [-0.2, -0.15) is 0 Å². The van der Waals surface area contributed by atoms with E-state index in [2.05, 4.69) is 44.2 Å².